The van der Waals surface area contributed by atoms with Crippen molar-refractivity contribution in [2.45, 2.75) is 18.2 Å². The van der Waals surface area contributed by atoms with Gasteiger partial charge in [-0.25, -0.2) is 12.4 Å². The number of carbonyl (C=O) groups excluding carboxylic acids is 2. The molecule has 2 heterocycles. The van der Waals surface area contributed by atoms with E-state index in [2.05, 4.69) is 5.32 Å². The van der Waals surface area contributed by atoms with E-state index in [9.17, 15) is 18.0 Å². The van der Waals surface area contributed by atoms with Gasteiger partial charge in [0.25, 0.3) is 10.0 Å². The summed E-state index contributed by atoms with van der Waals surface area (Å²) in [5.74, 6) is -0.516. The summed E-state index contributed by atoms with van der Waals surface area (Å²) in [4.78, 5) is 25.7. The van der Waals surface area contributed by atoms with Crippen molar-refractivity contribution >= 4 is 21.6 Å². The maximum atomic E-state index is 13.0. The smallest absolute Gasteiger partial charge is 0.268 e. The van der Waals surface area contributed by atoms with Crippen LogP contribution >= 0.6 is 0 Å². The highest BCUT2D eigenvalue weighted by Gasteiger charge is 2.39. The molecule has 0 radical (unpaired) electrons. The molecule has 128 valence electrons. The predicted molar refractivity (Wildman–Crippen MR) is 90.9 cm³/mol. The van der Waals surface area contributed by atoms with E-state index in [1.807, 2.05) is 6.92 Å². The zero-order valence-corrected chi connectivity index (χ0v) is 14.3. The second-order valence-corrected chi connectivity index (χ2v) is 8.21. The number of allylic oxidation sites excluding steroid dienone is 2. The maximum Gasteiger partial charge on any atom is 0.268 e. The minimum Gasteiger partial charge on any atom is -0.381 e. The number of Topliss-reactive ketones (excluding diaryl/α,β-unsaturated/α-hetero) is 2. The SMILES string of the molecule is CC1CNC2=C(C1)C(=O)c1c(ccn1S(=O)(=O)c1ccccc1)C2=O. The Kier molecular flexibility index (Phi) is 3.43. The van der Waals surface area contributed by atoms with Gasteiger partial charge >= 0.3 is 0 Å². The minimum atomic E-state index is -3.94. The summed E-state index contributed by atoms with van der Waals surface area (Å²) in [5, 5.41) is 3.02. The molecule has 1 aromatic heterocycles. The Morgan fingerprint density at radius 3 is 2.52 bits per heavy atom. The number of rotatable bonds is 2. The van der Waals surface area contributed by atoms with Crippen LogP contribution in [0.4, 0.5) is 0 Å². The van der Waals surface area contributed by atoms with Crippen LogP contribution in [0, 0.1) is 5.92 Å². The first-order chi connectivity index (χ1) is 11.9. The number of nitrogens with zero attached hydrogens (tertiary/aromatic N) is 1. The summed E-state index contributed by atoms with van der Waals surface area (Å²) in [6.07, 6.45) is 1.74. The predicted octanol–water partition coefficient (Wildman–Crippen LogP) is 1.99. The van der Waals surface area contributed by atoms with Gasteiger partial charge in [0, 0.05) is 18.3 Å². The van der Waals surface area contributed by atoms with Gasteiger partial charge in [-0.2, -0.15) is 0 Å². The summed E-state index contributed by atoms with van der Waals surface area (Å²) in [7, 11) is -3.94. The molecule has 1 aliphatic carbocycles. The van der Waals surface area contributed by atoms with Gasteiger partial charge in [0.15, 0.2) is 0 Å². The molecule has 1 aliphatic heterocycles. The lowest BCUT2D eigenvalue weighted by Gasteiger charge is -2.28. The van der Waals surface area contributed by atoms with Crippen molar-refractivity contribution in [3.63, 3.8) is 0 Å². The molecule has 0 fully saturated rings. The Hall–Kier alpha value is -2.67. The van der Waals surface area contributed by atoms with Gasteiger partial charge < -0.3 is 5.32 Å². The second-order valence-electron chi connectivity index (χ2n) is 6.39. The molecule has 1 atom stereocenters. The number of nitrogens with one attached hydrogen (secondary N) is 1. The van der Waals surface area contributed by atoms with Gasteiger partial charge in [0.2, 0.25) is 11.6 Å². The molecule has 25 heavy (non-hydrogen) atoms. The number of carbonyl (C=O) groups is 2. The average molecular weight is 356 g/mol. The summed E-state index contributed by atoms with van der Waals surface area (Å²) in [5.41, 5.74) is 0.749. The van der Waals surface area contributed by atoms with Crippen molar-refractivity contribution in [2.24, 2.45) is 5.92 Å². The molecule has 1 N–H and O–H groups in total. The van der Waals surface area contributed by atoms with Crippen molar-refractivity contribution in [3.8, 4) is 0 Å². The lowest BCUT2D eigenvalue weighted by Crippen LogP contribution is -2.38. The van der Waals surface area contributed by atoms with Gasteiger partial charge in [-0.15, -0.1) is 0 Å². The van der Waals surface area contributed by atoms with Gasteiger partial charge in [-0.1, -0.05) is 25.1 Å². The first-order valence-corrected chi connectivity index (χ1v) is 9.43. The minimum absolute atomic E-state index is 0.0662. The molecule has 0 spiro atoms. The molecule has 1 aromatic carbocycles. The lowest BCUT2D eigenvalue weighted by atomic mass is 9.84. The van der Waals surface area contributed by atoms with Crippen LogP contribution in [0.1, 0.15) is 34.2 Å². The molecular weight excluding hydrogens is 340 g/mol. The van der Waals surface area contributed by atoms with E-state index in [1.165, 1.54) is 24.4 Å². The van der Waals surface area contributed by atoms with Crippen LogP contribution in [0.5, 0.6) is 0 Å². The normalized spacial score (nSPS) is 20.1. The maximum absolute atomic E-state index is 13.0. The van der Waals surface area contributed by atoms with E-state index in [-0.39, 0.29) is 27.9 Å². The highest BCUT2D eigenvalue weighted by molar-refractivity contribution is 7.90. The third-order valence-electron chi connectivity index (χ3n) is 4.59. The van der Waals surface area contributed by atoms with Crippen molar-refractivity contribution in [2.75, 3.05) is 6.54 Å². The Balaban J connectivity index is 1.89. The number of ketones is 2. The van der Waals surface area contributed by atoms with Gasteiger partial charge in [0.1, 0.15) is 5.69 Å². The fourth-order valence-corrected chi connectivity index (χ4v) is 4.70. The van der Waals surface area contributed by atoms with Crippen LogP contribution in [0.2, 0.25) is 0 Å². The van der Waals surface area contributed by atoms with Crippen LogP contribution in [0.25, 0.3) is 0 Å². The van der Waals surface area contributed by atoms with Crippen molar-refractivity contribution in [3.05, 3.63) is 65.1 Å². The van der Waals surface area contributed by atoms with E-state index >= 15 is 0 Å². The van der Waals surface area contributed by atoms with E-state index in [1.54, 1.807) is 18.2 Å². The van der Waals surface area contributed by atoms with Crippen LogP contribution in [0.3, 0.4) is 0 Å². The zero-order chi connectivity index (χ0) is 17.8. The molecule has 0 saturated carbocycles. The largest absolute Gasteiger partial charge is 0.381 e. The average Bonchev–Trinajstić information content (AvgIpc) is 3.07. The Bertz CT molecular complexity index is 1030. The number of benzene rings is 1. The summed E-state index contributed by atoms with van der Waals surface area (Å²) in [6.45, 7) is 2.60. The van der Waals surface area contributed by atoms with Crippen LogP contribution in [-0.4, -0.2) is 30.5 Å². The standard InChI is InChI=1S/C18H16N2O4S/c1-11-9-14-15(19-10-11)17(21)13-7-8-20(16(13)18(14)22)25(23,24)12-5-3-2-4-6-12/h2-8,11,19H,9-10H2,1H3. The topological polar surface area (TPSA) is 85.2 Å². The number of hydrogen-bond acceptors (Lipinski definition) is 5. The quantitative estimate of drug-likeness (QED) is 0.889. The number of aromatic nitrogens is 1. The Labute approximate surface area is 145 Å². The summed E-state index contributed by atoms with van der Waals surface area (Å²) >= 11 is 0. The highest BCUT2D eigenvalue weighted by Crippen LogP contribution is 2.33. The number of hydrogen-bond donors (Lipinski definition) is 1. The van der Waals surface area contributed by atoms with E-state index in [4.69, 9.17) is 0 Å². The molecule has 2 aromatic rings. The zero-order valence-electron chi connectivity index (χ0n) is 13.5. The van der Waals surface area contributed by atoms with Crippen molar-refractivity contribution in [1.29, 1.82) is 0 Å². The fourth-order valence-electron chi connectivity index (χ4n) is 3.33. The molecule has 0 amide bonds. The van der Waals surface area contributed by atoms with Crippen LogP contribution in [0.15, 0.2) is 58.8 Å². The molecule has 7 heteroatoms. The van der Waals surface area contributed by atoms with E-state index in [0.717, 1.165) is 3.97 Å². The van der Waals surface area contributed by atoms with Crippen molar-refractivity contribution in [1.82, 2.24) is 9.29 Å². The first-order valence-electron chi connectivity index (χ1n) is 7.99. The fraction of sp³-hybridized carbons (Fsp3) is 0.222. The van der Waals surface area contributed by atoms with E-state index in [0.29, 0.717) is 24.2 Å². The molecular formula is C18H16N2O4S. The van der Waals surface area contributed by atoms with Crippen LogP contribution < -0.4 is 5.32 Å². The highest BCUT2D eigenvalue weighted by atomic mass is 32.2. The monoisotopic (exact) mass is 356 g/mol. The summed E-state index contributed by atoms with van der Waals surface area (Å²) in [6, 6.07) is 9.27. The first kappa shape index (κ1) is 15.8. The molecule has 0 saturated heterocycles. The molecule has 4 rings (SSSR count). The van der Waals surface area contributed by atoms with Crippen LogP contribution in [-0.2, 0) is 10.0 Å². The third kappa shape index (κ3) is 2.26. The molecule has 0 bridgehead atoms. The second kappa shape index (κ2) is 5.42. The van der Waals surface area contributed by atoms with Gasteiger partial charge in [0.05, 0.1) is 16.2 Å². The van der Waals surface area contributed by atoms with Crippen molar-refractivity contribution < 1.29 is 18.0 Å². The Morgan fingerprint density at radius 2 is 1.80 bits per heavy atom. The Morgan fingerprint density at radius 1 is 1.08 bits per heavy atom. The lowest BCUT2D eigenvalue weighted by molar-refractivity contribution is 0.0954. The summed E-state index contributed by atoms with van der Waals surface area (Å²) < 4.78 is 26.8. The molecule has 2 aliphatic rings. The molecule has 6 nitrogen and oxygen atoms in total. The number of fused-ring (bicyclic) bond motifs is 1. The van der Waals surface area contributed by atoms with Gasteiger partial charge in [-0.05, 0) is 30.5 Å². The molecule has 1 unspecified atom stereocenters. The van der Waals surface area contributed by atoms with Gasteiger partial charge in [-0.3, -0.25) is 9.59 Å². The van der Waals surface area contributed by atoms with E-state index < -0.39 is 15.8 Å². The third-order valence-corrected chi connectivity index (χ3v) is 6.28.